The number of hydrogen-bond donors (Lipinski definition) is 1. The topological polar surface area (TPSA) is 41.6 Å². The molecule has 16 heavy (non-hydrogen) atoms. The standard InChI is InChI=1S/C13H25N3/c1-10(2)12-9-15-13(14)16(12)11-7-5-3-4-6-8-11/h10-12H,3-9H2,1-2H3,(H2,14,15). The van der Waals surface area contributed by atoms with Crippen molar-refractivity contribution in [1.29, 1.82) is 0 Å². The summed E-state index contributed by atoms with van der Waals surface area (Å²) in [6.07, 6.45) is 8.12. The van der Waals surface area contributed by atoms with E-state index in [9.17, 15) is 0 Å². The van der Waals surface area contributed by atoms with Crippen molar-refractivity contribution in [3.05, 3.63) is 0 Å². The molecule has 1 aliphatic carbocycles. The van der Waals surface area contributed by atoms with Crippen molar-refractivity contribution in [1.82, 2.24) is 4.90 Å². The first-order chi connectivity index (χ1) is 7.70. The second-order valence-electron chi connectivity index (χ2n) is 5.56. The van der Waals surface area contributed by atoms with E-state index in [0.29, 0.717) is 18.0 Å². The lowest BCUT2D eigenvalue weighted by molar-refractivity contribution is 0.196. The Balaban J connectivity index is 2.06. The smallest absolute Gasteiger partial charge is 0.191 e. The van der Waals surface area contributed by atoms with Gasteiger partial charge in [0.1, 0.15) is 0 Å². The summed E-state index contributed by atoms with van der Waals surface area (Å²) in [5, 5.41) is 0. The van der Waals surface area contributed by atoms with E-state index < -0.39 is 0 Å². The summed E-state index contributed by atoms with van der Waals surface area (Å²) >= 11 is 0. The molecule has 1 atom stereocenters. The van der Waals surface area contributed by atoms with Crippen LogP contribution in [0.1, 0.15) is 52.4 Å². The van der Waals surface area contributed by atoms with Crippen molar-refractivity contribution in [3.63, 3.8) is 0 Å². The van der Waals surface area contributed by atoms with Gasteiger partial charge in [0, 0.05) is 6.04 Å². The molecule has 0 aromatic carbocycles. The lowest BCUT2D eigenvalue weighted by Crippen LogP contribution is -2.49. The fraction of sp³-hybridized carbons (Fsp3) is 0.923. The van der Waals surface area contributed by atoms with Crippen molar-refractivity contribution >= 4 is 5.96 Å². The maximum atomic E-state index is 6.06. The molecule has 0 aromatic rings. The van der Waals surface area contributed by atoms with Crippen LogP contribution >= 0.6 is 0 Å². The minimum atomic E-state index is 0.545. The molecule has 0 aromatic heterocycles. The number of nitrogens with zero attached hydrogens (tertiary/aromatic N) is 2. The summed E-state index contributed by atoms with van der Waals surface area (Å²) in [5.74, 6) is 1.44. The van der Waals surface area contributed by atoms with Gasteiger partial charge in [-0.1, -0.05) is 39.5 Å². The van der Waals surface area contributed by atoms with E-state index in [-0.39, 0.29) is 0 Å². The first-order valence-corrected chi connectivity index (χ1v) is 6.78. The van der Waals surface area contributed by atoms with Gasteiger partial charge in [-0.15, -0.1) is 0 Å². The molecule has 0 amide bonds. The largest absolute Gasteiger partial charge is 0.370 e. The van der Waals surface area contributed by atoms with Crippen molar-refractivity contribution in [2.24, 2.45) is 16.6 Å². The van der Waals surface area contributed by atoms with Gasteiger partial charge in [0.25, 0.3) is 0 Å². The van der Waals surface area contributed by atoms with Gasteiger partial charge < -0.3 is 10.6 Å². The zero-order valence-corrected chi connectivity index (χ0v) is 10.7. The van der Waals surface area contributed by atoms with Gasteiger partial charge in [-0.3, -0.25) is 4.99 Å². The van der Waals surface area contributed by atoms with E-state index in [4.69, 9.17) is 5.73 Å². The summed E-state index contributed by atoms with van der Waals surface area (Å²) in [4.78, 5) is 6.87. The van der Waals surface area contributed by atoms with Crippen molar-refractivity contribution in [2.75, 3.05) is 6.54 Å². The van der Waals surface area contributed by atoms with E-state index in [1.54, 1.807) is 0 Å². The van der Waals surface area contributed by atoms with Gasteiger partial charge in [-0.25, -0.2) is 0 Å². The zero-order chi connectivity index (χ0) is 11.5. The third kappa shape index (κ3) is 2.33. The molecule has 2 rings (SSSR count). The molecule has 92 valence electrons. The second kappa shape index (κ2) is 5.07. The molecule has 0 spiro atoms. The van der Waals surface area contributed by atoms with Crippen LogP contribution in [0, 0.1) is 5.92 Å². The second-order valence-corrected chi connectivity index (χ2v) is 5.56. The fourth-order valence-corrected chi connectivity index (χ4v) is 3.05. The number of nitrogens with two attached hydrogens (primary N) is 1. The van der Waals surface area contributed by atoms with E-state index in [1.165, 1.54) is 38.5 Å². The summed E-state index contributed by atoms with van der Waals surface area (Å²) in [6.45, 7) is 5.46. The molecule has 2 N–H and O–H groups in total. The number of aliphatic imine (C=N–C) groups is 1. The van der Waals surface area contributed by atoms with E-state index >= 15 is 0 Å². The maximum absolute atomic E-state index is 6.06. The first-order valence-electron chi connectivity index (χ1n) is 6.78. The minimum absolute atomic E-state index is 0.545. The molecule has 3 heteroatoms. The lowest BCUT2D eigenvalue weighted by atomic mass is 9.99. The third-order valence-corrected chi connectivity index (χ3v) is 4.05. The van der Waals surface area contributed by atoms with Crippen LogP contribution in [-0.4, -0.2) is 29.5 Å². The van der Waals surface area contributed by atoms with Crippen LogP contribution < -0.4 is 5.73 Å². The van der Waals surface area contributed by atoms with Gasteiger partial charge in [0.05, 0.1) is 12.6 Å². The van der Waals surface area contributed by atoms with Gasteiger partial charge in [0.15, 0.2) is 5.96 Å². The molecular formula is C13H25N3. The Hall–Kier alpha value is -0.730. The number of guanidine groups is 1. The molecular weight excluding hydrogens is 198 g/mol. The number of hydrogen-bond acceptors (Lipinski definition) is 3. The SMILES string of the molecule is CC(C)C1CN=C(N)N1C1CCCCCC1. The summed E-state index contributed by atoms with van der Waals surface area (Å²) < 4.78 is 0. The first kappa shape index (κ1) is 11.7. The van der Waals surface area contributed by atoms with Crippen LogP contribution in [-0.2, 0) is 0 Å². The van der Waals surface area contributed by atoms with Crippen LogP contribution in [0.15, 0.2) is 4.99 Å². The van der Waals surface area contributed by atoms with Crippen LogP contribution in [0.3, 0.4) is 0 Å². The molecule has 1 heterocycles. The lowest BCUT2D eigenvalue weighted by Gasteiger charge is -2.36. The van der Waals surface area contributed by atoms with Gasteiger partial charge >= 0.3 is 0 Å². The Bertz CT molecular complexity index is 252. The Morgan fingerprint density at radius 3 is 2.38 bits per heavy atom. The third-order valence-electron chi connectivity index (χ3n) is 4.05. The number of rotatable bonds is 2. The molecule has 3 nitrogen and oxygen atoms in total. The van der Waals surface area contributed by atoms with Crippen LogP contribution in [0.4, 0.5) is 0 Å². The average molecular weight is 223 g/mol. The molecule has 1 aliphatic heterocycles. The highest BCUT2D eigenvalue weighted by atomic mass is 15.3. The Morgan fingerprint density at radius 2 is 1.81 bits per heavy atom. The minimum Gasteiger partial charge on any atom is -0.370 e. The van der Waals surface area contributed by atoms with Crippen molar-refractivity contribution in [3.8, 4) is 0 Å². The van der Waals surface area contributed by atoms with Crippen LogP contribution in [0.25, 0.3) is 0 Å². The van der Waals surface area contributed by atoms with Crippen molar-refractivity contribution < 1.29 is 0 Å². The van der Waals surface area contributed by atoms with Gasteiger partial charge in [0.2, 0.25) is 0 Å². The van der Waals surface area contributed by atoms with Gasteiger partial charge in [-0.05, 0) is 18.8 Å². The highest BCUT2D eigenvalue weighted by Crippen LogP contribution is 2.27. The molecule has 0 radical (unpaired) electrons. The average Bonchev–Trinajstić information content (AvgIpc) is 2.50. The van der Waals surface area contributed by atoms with Crippen LogP contribution in [0.5, 0.6) is 0 Å². The molecule has 0 saturated heterocycles. The van der Waals surface area contributed by atoms with E-state index in [2.05, 4.69) is 23.7 Å². The summed E-state index contributed by atoms with van der Waals surface area (Å²) in [7, 11) is 0. The molecule has 0 bridgehead atoms. The molecule has 2 aliphatic rings. The Kier molecular flexibility index (Phi) is 3.72. The summed E-state index contributed by atoms with van der Waals surface area (Å²) in [5.41, 5.74) is 6.06. The predicted molar refractivity (Wildman–Crippen MR) is 68.4 cm³/mol. The Morgan fingerprint density at radius 1 is 1.19 bits per heavy atom. The van der Waals surface area contributed by atoms with Gasteiger partial charge in [-0.2, -0.15) is 0 Å². The monoisotopic (exact) mass is 223 g/mol. The Labute approximate surface area is 99.1 Å². The van der Waals surface area contributed by atoms with E-state index in [1.807, 2.05) is 0 Å². The quantitative estimate of drug-likeness (QED) is 0.730. The summed E-state index contributed by atoms with van der Waals surface area (Å²) in [6, 6.07) is 1.20. The highest BCUT2D eigenvalue weighted by molar-refractivity contribution is 5.80. The molecule has 1 unspecified atom stereocenters. The van der Waals surface area contributed by atoms with Crippen LogP contribution in [0.2, 0.25) is 0 Å². The normalized spacial score (nSPS) is 28.3. The predicted octanol–water partition coefficient (Wildman–Crippen LogP) is 2.36. The van der Waals surface area contributed by atoms with E-state index in [0.717, 1.165) is 12.5 Å². The maximum Gasteiger partial charge on any atom is 0.191 e. The fourth-order valence-electron chi connectivity index (χ4n) is 3.05. The highest BCUT2D eigenvalue weighted by Gasteiger charge is 2.33. The molecule has 1 fully saturated rings. The van der Waals surface area contributed by atoms with Crippen molar-refractivity contribution in [2.45, 2.75) is 64.5 Å². The zero-order valence-electron chi connectivity index (χ0n) is 10.7. The molecule has 1 saturated carbocycles.